The molecule has 30 valence electrons. The zero-order valence-electron chi connectivity index (χ0n) is 3.42. The third-order valence-electron chi connectivity index (χ3n) is 0.351. The molecule has 0 fully saturated rings. The summed E-state index contributed by atoms with van der Waals surface area (Å²) in [5.74, 6) is 0. The summed E-state index contributed by atoms with van der Waals surface area (Å²) in [7, 11) is 4.97. The maximum absolute atomic E-state index is 9.42. The number of hydrogen-bond donors (Lipinski definition) is 0. The zero-order chi connectivity index (χ0) is 4.83. The first kappa shape index (κ1) is 5.47. The lowest BCUT2D eigenvalue weighted by Gasteiger charge is -1.64. The van der Waals surface area contributed by atoms with E-state index in [2.05, 4.69) is 0 Å². The Kier molecular flexibility index (Phi) is 4.08. The molecule has 0 unspecified atom stereocenters. The molecule has 0 aromatic heterocycles. The Balaban J connectivity index is 2.94. The molecule has 0 aromatic rings. The van der Waals surface area contributed by atoms with Gasteiger partial charge in [-0.25, -0.2) is 0 Å². The molecule has 6 heavy (non-hydrogen) atoms. The van der Waals surface area contributed by atoms with Crippen LogP contribution in [0.5, 0.6) is 0 Å². The highest BCUT2D eigenvalue weighted by atomic mass is 16.1. The number of carbonyl (C=O) groups excluding carboxylic acids is 1. The van der Waals surface area contributed by atoms with Gasteiger partial charge >= 0.3 is 0 Å². The van der Waals surface area contributed by atoms with Crippen molar-refractivity contribution in [2.24, 2.45) is 0 Å². The van der Waals surface area contributed by atoms with Crippen LogP contribution in [0.3, 0.4) is 0 Å². The lowest BCUT2D eigenvalue weighted by Crippen LogP contribution is -1.59. The predicted octanol–water partition coefficient (Wildman–Crippen LogP) is 0.328. The van der Waals surface area contributed by atoms with E-state index < -0.39 is 0 Å². The van der Waals surface area contributed by atoms with E-state index in [0.29, 0.717) is 12.6 Å². The monoisotopic (exact) mass is 80.0 g/mol. The summed E-state index contributed by atoms with van der Waals surface area (Å²) in [6, 6.07) is 0. The molecule has 0 N–H and O–H groups in total. The summed E-state index contributed by atoms with van der Waals surface area (Å²) in [5.41, 5.74) is 0. The minimum Gasteiger partial charge on any atom is -0.299 e. The van der Waals surface area contributed by atoms with Gasteiger partial charge in [0, 0.05) is 0 Å². The van der Waals surface area contributed by atoms with Crippen LogP contribution in [0.1, 0.15) is 0 Å². The van der Waals surface area contributed by atoms with Gasteiger partial charge in [-0.2, -0.15) is 0 Å². The van der Waals surface area contributed by atoms with Gasteiger partial charge in [-0.3, -0.25) is 4.79 Å². The first-order valence-electron chi connectivity index (χ1n) is 1.72. The van der Waals surface area contributed by atoms with Crippen molar-refractivity contribution in [1.82, 2.24) is 0 Å². The molecular formula is C4H5BO. The quantitative estimate of drug-likeness (QED) is 0.265. The van der Waals surface area contributed by atoms with Crippen molar-refractivity contribution in [3.63, 3.8) is 0 Å². The number of hydrogen-bond acceptors (Lipinski definition) is 1. The van der Waals surface area contributed by atoms with Gasteiger partial charge in [-0.1, -0.05) is 12.4 Å². The molecule has 2 radical (unpaired) electrons. The summed E-state index contributed by atoms with van der Waals surface area (Å²) < 4.78 is 0. The first-order valence-corrected chi connectivity index (χ1v) is 1.72. The molecule has 0 aliphatic heterocycles. The second-order valence-electron chi connectivity index (χ2n) is 0.800. The molecule has 2 heteroatoms. The van der Waals surface area contributed by atoms with Crippen molar-refractivity contribution in [1.29, 1.82) is 0 Å². The summed E-state index contributed by atoms with van der Waals surface area (Å²) >= 11 is 0. The second kappa shape index (κ2) is 4.47. The van der Waals surface area contributed by atoms with E-state index in [-0.39, 0.29) is 0 Å². The molecule has 0 saturated heterocycles. The van der Waals surface area contributed by atoms with E-state index in [0.717, 1.165) is 0 Å². The van der Waals surface area contributed by atoms with Crippen molar-refractivity contribution in [2.45, 2.75) is 6.32 Å². The minimum atomic E-state index is 0.443. The smallest absolute Gasteiger partial charge is 0.142 e. The third kappa shape index (κ3) is 3.47. The van der Waals surface area contributed by atoms with E-state index in [1.165, 1.54) is 6.08 Å². The first-order chi connectivity index (χ1) is 2.91. The van der Waals surface area contributed by atoms with Crippen molar-refractivity contribution < 1.29 is 4.79 Å². The van der Waals surface area contributed by atoms with Crippen LogP contribution < -0.4 is 0 Å². The van der Waals surface area contributed by atoms with Crippen LogP contribution in [0.15, 0.2) is 12.2 Å². The molecule has 0 spiro atoms. The van der Waals surface area contributed by atoms with Gasteiger partial charge < -0.3 is 0 Å². The summed E-state index contributed by atoms with van der Waals surface area (Å²) in [5, 5.41) is 0. The average Bonchev–Trinajstić information content (AvgIpc) is 1.61. The third-order valence-corrected chi connectivity index (χ3v) is 0.351. The zero-order valence-corrected chi connectivity index (χ0v) is 3.42. The lowest BCUT2D eigenvalue weighted by atomic mass is 10.1. The minimum absolute atomic E-state index is 0.443. The Morgan fingerprint density at radius 1 is 1.67 bits per heavy atom. The van der Waals surface area contributed by atoms with Gasteiger partial charge in [0.05, 0.1) is 7.85 Å². The van der Waals surface area contributed by atoms with Crippen LogP contribution in [-0.4, -0.2) is 14.1 Å². The van der Waals surface area contributed by atoms with E-state index in [4.69, 9.17) is 7.85 Å². The van der Waals surface area contributed by atoms with Gasteiger partial charge in [0.2, 0.25) is 0 Å². The maximum Gasteiger partial charge on any atom is 0.142 e. The standard InChI is InChI=1S/C4H5BO/c5-3-1-2-4-6/h1-2,4H,3H2/b2-1+. The summed E-state index contributed by atoms with van der Waals surface area (Å²) in [4.78, 5) is 9.42. The summed E-state index contributed by atoms with van der Waals surface area (Å²) in [6.07, 6.45) is 4.11. The van der Waals surface area contributed by atoms with Crippen LogP contribution in [0.4, 0.5) is 0 Å². The number of aldehydes is 1. The fourth-order valence-electron chi connectivity index (χ4n) is 0.134. The Bertz CT molecular complexity index is 58.6. The lowest BCUT2D eigenvalue weighted by molar-refractivity contribution is -0.104. The fraction of sp³-hybridized carbons (Fsp3) is 0.250. The Labute approximate surface area is 38.5 Å². The molecule has 0 aromatic carbocycles. The Morgan fingerprint density at radius 2 is 2.33 bits per heavy atom. The van der Waals surface area contributed by atoms with Crippen molar-refractivity contribution in [2.75, 3.05) is 0 Å². The van der Waals surface area contributed by atoms with Crippen LogP contribution in [-0.2, 0) is 4.79 Å². The highest BCUT2D eigenvalue weighted by Gasteiger charge is 1.58. The molecule has 0 aliphatic carbocycles. The van der Waals surface area contributed by atoms with Gasteiger partial charge in [-0.05, 0) is 6.08 Å². The SMILES string of the molecule is [B]C/C=C/C=O. The molecule has 0 rings (SSSR count). The van der Waals surface area contributed by atoms with E-state index in [1.54, 1.807) is 6.08 Å². The topological polar surface area (TPSA) is 17.1 Å². The van der Waals surface area contributed by atoms with Gasteiger partial charge in [0.15, 0.2) is 0 Å². The van der Waals surface area contributed by atoms with Crippen molar-refractivity contribution >= 4 is 14.1 Å². The van der Waals surface area contributed by atoms with Gasteiger partial charge in [-0.15, -0.1) is 0 Å². The summed E-state index contributed by atoms with van der Waals surface area (Å²) in [6.45, 7) is 0. The van der Waals surface area contributed by atoms with Gasteiger partial charge in [0.1, 0.15) is 6.29 Å². The van der Waals surface area contributed by atoms with Crippen LogP contribution in [0.25, 0.3) is 0 Å². The van der Waals surface area contributed by atoms with Crippen molar-refractivity contribution in [3.8, 4) is 0 Å². The number of allylic oxidation sites excluding steroid dienone is 2. The van der Waals surface area contributed by atoms with E-state index in [9.17, 15) is 4.79 Å². The van der Waals surface area contributed by atoms with E-state index in [1.807, 2.05) is 0 Å². The molecule has 0 atom stereocenters. The van der Waals surface area contributed by atoms with Crippen molar-refractivity contribution in [3.05, 3.63) is 12.2 Å². The van der Waals surface area contributed by atoms with Crippen LogP contribution >= 0.6 is 0 Å². The predicted molar refractivity (Wildman–Crippen MR) is 25.8 cm³/mol. The molecule has 0 heterocycles. The Morgan fingerprint density at radius 3 is 2.50 bits per heavy atom. The number of carbonyl (C=O) groups is 1. The largest absolute Gasteiger partial charge is 0.299 e. The Hall–Kier alpha value is -0.525. The van der Waals surface area contributed by atoms with Gasteiger partial charge in [0.25, 0.3) is 0 Å². The average molecular weight is 79.9 g/mol. The van der Waals surface area contributed by atoms with Crippen LogP contribution in [0.2, 0.25) is 6.32 Å². The highest BCUT2D eigenvalue weighted by Crippen LogP contribution is 1.69. The molecule has 0 aliphatic rings. The molecule has 0 saturated carbocycles. The molecule has 0 amide bonds. The fourth-order valence-corrected chi connectivity index (χ4v) is 0.134. The highest BCUT2D eigenvalue weighted by molar-refractivity contribution is 6.09. The molecule has 0 bridgehead atoms. The van der Waals surface area contributed by atoms with E-state index >= 15 is 0 Å². The molecule has 1 nitrogen and oxygen atoms in total. The molecular weight excluding hydrogens is 74.9 g/mol. The second-order valence-corrected chi connectivity index (χ2v) is 0.800. The van der Waals surface area contributed by atoms with Crippen LogP contribution in [0, 0.1) is 0 Å². The normalized spacial score (nSPS) is 9.33. The number of rotatable bonds is 2. The maximum atomic E-state index is 9.42.